The van der Waals surface area contributed by atoms with Crippen LogP contribution in [0, 0.1) is 13.8 Å². The number of fused-ring (bicyclic) bond motifs is 2. The normalized spacial score (nSPS) is 11.1. The number of rotatable bonds is 2. The van der Waals surface area contributed by atoms with Crippen molar-refractivity contribution < 1.29 is 9.59 Å². The molecule has 24 heavy (non-hydrogen) atoms. The predicted molar refractivity (Wildman–Crippen MR) is 94.9 cm³/mol. The van der Waals surface area contributed by atoms with E-state index in [1.807, 2.05) is 0 Å². The van der Waals surface area contributed by atoms with Crippen molar-refractivity contribution in [2.45, 2.75) is 13.8 Å². The Morgan fingerprint density at radius 2 is 0.958 bits per heavy atom. The Balaban J connectivity index is 2.81. The van der Waals surface area contributed by atoms with Crippen molar-refractivity contribution >= 4 is 57.4 Å². The van der Waals surface area contributed by atoms with Gasteiger partial charge in [-0.25, -0.2) is 9.97 Å². The molecule has 0 unspecified atom stereocenters. The van der Waals surface area contributed by atoms with E-state index < -0.39 is 0 Å². The van der Waals surface area contributed by atoms with Crippen LogP contribution in [-0.2, 0) is 0 Å². The molecule has 1 aromatic carbocycles. The largest absolute Gasteiger partial charge is 0.383 e. The minimum absolute atomic E-state index is 0.0273. The number of aromatic nitrogens is 2. The van der Waals surface area contributed by atoms with Gasteiger partial charge in [0.05, 0.1) is 11.1 Å². The zero-order valence-corrected chi connectivity index (χ0v) is 13.2. The van der Waals surface area contributed by atoms with E-state index in [0.717, 1.165) is 0 Å². The summed E-state index contributed by atoms with van der Waals surface area (Å²) in [6, 6.07) is 0. The van der Waals surface area contributed by atoms with E-state index in [1.54, 1.807) is 13.8 Å². The fourth-order valence-corrected chi connectivity index (χ4v) is 3.30. The van der Waals surface area contributed by atoms with Crippen LogP contribution in [0.15, 0.2) is 0 Å². The van der Waals surface area contributed by atoms with Gasteiger partial charge in [-0.2, -0.15) is 0 Å². The molecule has 3 aromatic rings. The molecule has 0 atom stereocenters. The van der Waals surface area contributed by atoms with E-state index in [9.17, 15) is 9.59 Å². The highest BCUT2D eigenvalue weighted by Gasteiger charge is 2.22. The number of pyridine rings is 2. The number of benzene rings is 1. The van der Waals surface area contributed by atoms with Gasteiger partial charge in [0, 0.05) is 21.5 Å². The van der Waals surface area contributed by atoms with Crippen LogP contribution in [0.4, 0.5) is 23.3 Å². The lowest BCUT2D eigenvalue weighted by Gasteiger charge is -2.18. The predicted octanol–water partition coefficient (Wildman–Crippen LogP) is 1.35. The van der Waals surface area contributed by atoms with Crippen LogP contribution >= 0.6 is 0 Å². The third kappa shape index (κ3) is 1.79. The molecule has 122 valence electrons. The zero-order chi connectivity index (χ0) is 17.8. The summed E-state index contributed by atoms with van der Waals surface area (Å²) in [7, 11) is 0. The van der Waals surface area contributed by atoms with Crippen LogP contribution in [0.5, 0.6) is 0 Å². The summed E-state index contributed by atoms with van der Waals surface area (Å²) in [4.78, 5) is 31.2. The lowest BCUT2D eigenvalue weighted by molar-refractivity contribution is 0.111. The summed E-state index contributed by atoms with van der Waals surface area (Å²) in [5.41, 5.74) is 25.4. The second kappa shape index (κ2) is 5.05. The average Bonchev–Trinajstić information content (AvgIpc) is 2.51. The van der Waals surface area contributed by atoms with Crippen molar-refractivity contribution in [3.05, 3.63) is 22.3 Å². The lowest BCUT2D eigenvalue weighted by atomic mass is 9.89. The Morgan fingerprint density at radius 3 is 1.29 bits per heavy atom. The number of nitrogens with zero attached hydrogens (tertiary/aromatic N) is 2. The highest BCUT2D eigenvalue weighted by Crippen LogP contribution is 2.41. The average molecular weight is 324 g/mol. The van der Waals surface area contributed by atoms with Gasteiger partial charge in [-0.15, -0.1) is 0 Å². The Morgan fingerprint density at radius 1 is 0.625 bits per heavy atom. The van der Waals surface area contributed by atoms with Crippen LogP contribution < -0.4 is 22.9 Å². The van der Waals surface area contributed by atoms with Gasteiger partial charge in [-0.05, 0) is 25.0 Å². The SMILES string of the molecule is Cc1c2c(N)nc(N)c(C=O)c2c(C)c2c(C=O)c(N)nc(N)c12. The van der Waals surface area contributed by atoms with Gasteiger partial charge in [0.15, 0.2) is 12.6 Å². The highest BCUT2D eigenvalue weighted by atomic mass is 16.1. The fourth-order valence-electron chi connectivity index (χ4n) is 3.30. The smallest absolute Gasteiger partial charge is 0.154 e. The second-order valence-electron chi connectivity index (χ2n) is 5.58. The molecular weight excluding hydrogens is 308 g/mol. The maximum atomic E-state index is 11.5. The maximum Gasteiger partial charge on any atom is 0.154 e. The number of anilines is 4. The Labute approximate surface area is 136 Å². The number of carbonyl (C=O) groups is 2. The first-order valence-corrected chi connectivity index (χ1v) is 7.10. The fraction of sp³-hybridized carbons (Fsp3) is 0.125. The van der Waals surface area contributed by atoms with E-state index in [0.29, 0.717) is 45.2 Å². The van der Waals surface area contributed by atoms with E-state index in [-0.39, 0.29) is 34.4 Å². The van der Waals surface area contributed by atoms with Crippen molar-refractivity contribution in [1.82, 2.24) is 9.97 Å². The summed E-state index contributed by atoms with van der Waals surface area (Å²) < 4.78 is 0. The monoisotopic (exact) mass is 324 g/mol. The molecule has 3 rings (SSSR count). The summed E-state index contributed by atoms with van der Waals surface area (Å²) in [6.07, 6.45) is 1.24. The first kappa shape index (κ1) is 15.5. The van der Waals surface area contributed by atoms with E-state index in [1.165, 1.54) is 0 Å². The first-order chi connectivity index (χ1) is 11.3. The first-order valence-electron chi connectivity index (χ1n) is 7.10. The third-order valence-electron chi connectivity index (χ3n) is 4.32. The molecule has 2 heterocycles. The number of hydrogen-bond acceptors (Lipinski definition) is 8. The summed E-state index contributed by atoms with van der Waals surface area (Å²) in [6.45, 7) is 3.53. The Kier molecular flexibility index (Phi) is 3.26. The zero-order valence-electron chi connectivity index (χ0n) is 13.2. The molecular formula is C16H16N6O2. The van der Waals surface area contributed by atoms with Gasteiger partial charge >= 0.3 is 0 Å². The topological polar surface area (TPSA) is 164 Å². The number of hydrogen-bond donors (Lipinski definition) is 4. The molecule has 0 bridgehead atoms. The van der Waals surface area contributed by atoms with Gasteiger partial charge in [-0.1, -0.05) is 0 Å². The summed E-state index contributed by atoms with van der Waals surface area (Å²) in [5, 5.41) is 2.19. The van der Waals surface area contributed by atoms with Gasteiger partial charge in [-0.3, -0.25) is 9.59 Å². The van der Waals surface area contributed by atoms with Gasteiger partial charge < -0.3 is 22.9 Å². The number of nitrogens with two attached hydrogens (primary N) is 4. The lowest BCUT2D eigenvalue weighted by Crippen LogP contribution is -2.08. The third-order valence-corrected chi connectivity index (χ3v) is 4.32. The van der Waals surface area contributed by atoms with Crippen LogP contribution in [0.3, 0.4) is 0 Å². The van der Waals surface area contributed by atoms with Crippen molar-refractivity contribution in [3.63, 3.8) is 0 Å². The van der Waals surface area contributed by atoms with Gasteiger partial charge in [0.2, 0.25) is 0 Å². The molecule has 8 heteroatoms. The minimum atomic E-state index is 0.0273. The quantitative estimate of drug-likeness (QED) is 0.405. The molecule has 0 spiro atoms. The summed E-state index contributed by atoms with van der Waals surface area (Å²) >= 11 is 0. The number of aldehydes is 2. The molecule has 0 aliphatic carbocycles. The van der Waals surface area contributed by atoms with E-state index in [4.69, 9.17) is 22.9 Å². The molecule has 0 saturated heterocycles. The number of aryl methyl sites for hydroxylation is 2. The molecule has 0 saturated carbocycles. The van der Waals surface area contributed by atoms with Crippen molar-refractivity contribution in [2.75, 3.05) is 22.9 Å². The van der Waals surface area contributed by atoms with Crippen LogP contribution in [-0.4, -0.2) is 22.5 Å². The van der Waals surface area contributed by atoms with E-state index >= 15 is 0 Å². The molecule has 8 N–H and O–H groups in total. The van der Waals surface area contributed by atoms with Crippen LogP contribution in [0.1, 0.15) is 31.8 Å². The number of nitrogen functional groups attached to an aromatic ring is 4. The molecule has 0 aliphatic rings. The molecule has 0 radical (unpaired) electrons. The second-order valence-corrected chi connectivity index (χ2v) is 5.58. The van der Waals surface area contributed by atoms with Gasteiger partial charge in [0.25, 0.3) is 0 Å². The minimum Gasteiger partial charge on any atom is -0.383 e. The summed E-state index contributed by atoms with van der Waals surface area (Å²) in [5.74, 6) is 0.415. The Hall–Kier alpha value is -3.42. The Bertz CT molecular complexity index is 978. The van der Waals surface area contributed by atoms with Gasteiger partial charge in [0.1, 0.15) is 23.3 Å². The van der Waals surface area contributed by atoms with E-state index in [2.05, 4.69) is 9.97 Å². The standard InChI is InChI=1S/C16H16N6O2/c1-5-9-7(3-23)13(17)21-15(19)11(9)6(2)12-10(5)8(4-24)14(18)22-16(12)20/h3-4H,1-2H3,(H4,17,19,21)(H4,18,20,22). The maximum absolute atomic E-state index is 11.5. The van der Waals surface area contributed by atoms with Crippen molar-refractivity contribution in [1.29, 1.82) is 0 Å². The van der Waals surface area contributed by atoms with Crippen molar-refractivity contribution in [3.8, 4) is 0 Å². The molecule has 0 fully saturated rings. The van der Waals surface area contributed by atoms with Crippen molar-refractivity contribution in [2.24, 2.45) is 0 Å². The highest BCUT2D eigenvalue weighted by molar-refractivity contribution is 6.20. The number of carbonyl (C=O) groups excluding carboxylic acids is 2. The molecule has 0 aliphatic heterocycles. The molecule has 0 amide bonds. The molecule has 2 aromatic heterocycles. The molecule has 8 nitrogen and oxygen atoms in total. The van der Waals surface area contributed by atoms with Crippen LogP contribution in [0.2, 0.25) is 0 Å². The van der Waals surface area contributed by atoms with Crippen LogP contribution in [0.25, 0.3) is 21.5 Å².